The predicted molar refractivity (Wildman–Crippen MR) is 54.9 cm³/mol. The molecular weight excluding hydrogens is 216 g/mol. The molecule has 0 saturated carbocycles. The van der Waals surface area contributed by atoms with E-state index in [-0.39, 0.29) is 26.2 Å². The summed E-state index contributed by atoms with van der Waals surface area (Å²) in [6, 6.07) is 0. The first kappa shape index (κ1) is 14.9. The molecule has 0 aliphatic heterocycles. The fourth-order valence-corrected chi connectivity index (χ4v) is 1.13. The molecule has 1 unspecified atom stereocenters. The van der Waals surface area contributed by atoms with Crippen molar-refractivity contribution >= 4 is 11.9 Å². The number of methoxy groups -OCH3 is 1. The molecule has 2 N–H and O–H groups in total. The number of unbranched alkanes of at least 4 members (excludes halogenated alkanes) is 1. The molecule has 0 aromatic carbocycles. The molecule has 0 bridgehead atoms. The van der Waals surface area contributed by atoms with Crippen molar-refractivity contribution < 1.29 is 29.3 Å². The van der Waals surface area contributed by atoms with Crippen LogP contribution in [0.1, 0.15) is 19.3 Å². The Hall–Kier alpha value is -1.14. The van der Waals surface area contributed by atoms with Crippen LogP contribution in [-0.4, -0.2) is 49.1 Å². The molecule has 94 valence electrons. The number of carbonyl (C=O) groups is 2. The lowest BCUT2D eigenvalue weighted by atomic mass is 10.0. The second kappa shape index (κ2) is 9.11. The van der Waals surface area contributed by atoms with Crippen LogP contribution in [0.3, 0.4) is 0 Å². The monoisotopic (exact) mass is 234 g/mol. The number of hydrogen-bond acceptors (Lipinski definition) is 5. The normalized spacial score (nSPS) is 12.1. The Morgan fingerprint density at radius 1 is 1.25 bits per heavy atom. The van der Waals surface area contributed by atoms with Gasteiger partial charge in [0.2, 0.25) is 0 Å². The number of esters is 1. The van der Waals surface area contributed by atoms with E-state index in [1.54, 1.807) is 0 Å². The maximum atomic E-state index is 11.3. The third-order valence-corrected chi connectivity index (χ3v) is 2.02. The van der Waals surface area contributed by atoms with Crippen LogP contribution in [0.25, 0.3) is 0 Å². The highest BCUT2D eigenvalue weighted by Gasteiger charge is 2.26. The topological polar surface area (TPSA) is 93.1 Å². The number of carboxylic acid groups (broad SMARTS) is 1. The van der Waals surface area contributed by atoms with Gasteiger partial charge in [-0.15, -0.1) is 0 Å². The summed E-state index contributed by atoms with van der Waals surface area (Å²) in [4.78, 5) is 22.1. The minimum absolute atomic E-state index is 0.00887. The zero-order chi connectivity index (χ0) is 12.4. The van der Waals surface area contributed by atoms with Crippen molar-refractivity contribution in [2.75, 3.05) is 26.9 Å². The summed E-state index contributed by atoms with van der Waals surface area (Å²) in [6.07, 6.45) is 1.14. The minimum Gasteiger partial charge on any atom is -0.481 e. The van der Waals surface area contributed by atoms with Gasteiger partial charge in [0.15, 0.2) is 5.92 Å². The molecule has 6 nitrogen and oxygen atoms in total. The van der Waals surface area contributed by atoms with Crippen molar-refractivity contribution in [3.63, 3.8) is 0 Å². The van der Waals surface area contributed by atoms with Crippen molar-refractivity contribution in [1.82, 2.24) is 0 Å². The van der Waals surface area contributed by atoms with Crippen LogP contribution in [0.5, 0.6) is 0 Å². The molecule has 0 fully saturated rings. The van der Waals surface area contributed by atoms with Crippen molar-refractivity contribution in [1.29, 1.82) is 0 Å². The Balaban J connectivity index is 3.98. The van der Waals surface area contributed by atoms with Crippen LogP contribution < -0.4 is 0 Å². The van der Waals surface area contributed by atoms with E-state index in [0.29, 0.717) is 12.8 Å². The van der Waals surface area contributed by atoms with E-state index < -0.39 is 17.9 Å². The first-order valence-corrected chi connectivity index (χ1v) is 5.12. The Kier molecular flexibility index (Phi) is 8.46. The van der Waals surface area contributed by atoms with Crippen LogP contribution in [0.4, 0.5) is 0 Å². The lowest BCUT2D eigenvalue weighted by Crippen LogP contribution is -2.27. The second-order valence-corrected chi connectivity index (χ2v) is 3.27. The predicted octanol–water partition coefficient (Wildman–Crippen LogP) is 0.0394. The molecule has 0 amide bonds. The molecule has 0 aliphatic carbocycles. The van der Waals surface area contributed by atoms with Gasteiger partial charge in [-0.1, -0.05) is 0 Å². The average molecular weight is 234 g/mol. The number of aliphatic hydroxyl groups excluding tert-OH is 1. The molecule has 0 aliphatic rings. The first-order valence-electron chi connectivity index (χ1n) is 5.12. The summed E-state index contributed by atoms with van der Waals surface area (Å²) in [6.45, 7) is 0.291. The third kappa shape index (κ3) is 6.36. The highest BCUT2D eigenvalue weighted by molar-refractivity contribution is 5.93. The Labute approximate surface area is 94.2 Å². The second-order valence-electron chi connectivity index (χ2n) is 3.27. The van der Waals surface area contributed by atoms with Gasteiger partial charge in [-0.2, -0.15) is 0 Å². The quantitative estimate of drug-likeness (QED) is 0.332. The van der Waals surface area contributed by atoms with Gasteiger partial charge in [-0.05, 0) is 19.3 Å². The van der Waals surface area contributed by atoms with E-state index in [4.69, 9.17) is 14.9 Å². The summed E-state index contributed by atoms with van der Waals surface area (Å²) in [5.41, 5.74) is 0. The summed E-state index contributed by atoms with van der Waals surface area (Å²) >= 11 is 0. The van der Waals surface area contributed by atoms with Gasteiger partial charge in [-0.3, -0.25) is 9.59 Å². The molecule has 0 spiro atoms. The molecule has 0 aromatic rings. The van der Waals surface area contributed by atoms with E-state index in [1.165, 1.54) is 7.11 Å². The molecule has 0 radical (unpaired) electrons. The average Bonchev–Trinajstić information content (AvgIpc) is 2.24. The molecule has 0 rings (SSSR count). The Morgan fingerprint density at radius 3 is 2.44 bits per heavy atom. The molecule has 16 heavy (non-hydrogen) atoms. The van der Waals surface area contributed by atoms with Gasteiger partial charge < -0.3 is 19.7 Å². The van der Waals surface area contributed by atoms with E-state index in [9.17, 15) is 9.59 Å². The number of hydrogen-bond donors (Lipinski definition) is 2. The zero-order valence-corrected chi connectivity index (χ0v) is 9.35. The maximum Gasteiger partial charge on any atom is 0.320 e. The highest BCUT2D eigenvalue weighted by atomic mass is 16.6. The molecular formula is C10H18O6. The van der Waals surface area contributed by atoms with E-state index in [0.717, 1.165) is 0 Å². The summed E-state index contributed by atoms with van der Waals surface area (Å²) in [5.74, 6) is -3.09. The Morgan fingerprint density at radius 2 is 1.94 bits per heavy atom. The van der Waals surface area contributed by atoms with Crippen LogP contribution in [0.2, 0.25) is 0 Å². The van der Waals surface area contributed by atoms with E-state index in [2.05, 4.69) is 4.74 Å². The summed E-state index contributed by atoms with van der Waals surface area (Å²) in [7, 11) is 1.46. The molecule has 6 heteroatoms. The van der Waals surface area contributed by atoms with E-state index in [1.807, 2.05) is 0 Å². The fraction of sp³-hybridized carbons (Fsp3) is 0.800. The molecule has 0 heterocycles. The lowest BCUT2D eigenvalue weighted by molar-refractivity contribution is -0.159. The van der Waals surface area contributed by atoms with Crippen molar-refractivity contribution in [3.8, 4) is 0 Å². The van der Waals surface area contributed by atoms with Crippen molar-refractivity contribution in [2.45, 2.75) is 19.3 Å². The summed E-state index contributed by atoms with van der Waals surface area (Å²) < 4.78 is 9.40. The number of aliphatic carboxylic acids is 1. The smallest absolute Gasteiger partial charge is 0.320 e. The standard InChI is InChI=1S/C10H18O6/c1-15-6-7-16-10(14)8(9(12)13)4-2-3-5-11/h8,11H,2-7H2,1H3,(H,12,13). The minimum atomic E-state index is -1.19. The first-order chi connectivity index (χ1) is 7.63. The van der Waals surface area contributed by atoms with Crippen LogP contribution >= 0.6 is 0 Å². The largest absolute Gasteiger partial charge is 0.481 e. The maximum absolute atomic E-state index is 11.3. The zero-order valence-electron chi connectivity index (χ0n) is 9.35. The van der Waals surface area contributed by atoms with Gasteiger partial charge in [0.25, 0.3) is 0 Å². The van der Waals surface area contributed by atoms with Crippen LogP contribution in [0.15, 0.2) is 0 Å². The van der Waals surface area contributed by atoms with E-state index >= 15 is 0 Å². The highest BCUT2D eigenvalue weighted by Crippen LogP contribution is 2.11. The number of carbonyl (C=O) groups excluding carboxylic acids is 1. The van der Waals surface area contributed by atoms with Crippen LogP contribution in [0, 0.1) is 5.92 Å². The van der Waals surface area contributed by atoms with Gasteiger partial charge >= 0.3 is 11.9 Å². The number of rotatable bonds is 9. The number of carboxylic acids is 1. The van der Waals surface area contributed by atoms with Crippen molar-refractivity contribution in [3.05, 3.63) is 0 Å². The fourth-order valence-electron chi connectivity index (χ4n) is 1.13. The van der Waals surface area contributed by atoms with Gasteiger partial charge in [0.1, 0.15) is 6.61 Å². The SMILES string of the molecule is COCCOC(=O)C(CCCCO)C(=O)O. The number of aliphatic hydroxyl groups is 1. The molecule has 0 saturated heterocycles. The van der Waals surface area contributed by atoms with Gasteiger partial charge in [0.05, 0.1) is 6.61 Å². The third-order valence-electron chi connectivity index (χ3n) is 2.02. The van der Waals surface area contributed by atoms with Crippen molar-refractivity contribution in [2.24, 2.45) is 5.92 Å². The summed E-state index contributed by atoms with van der Waals surface area (Å²) in [5, 5.41) is 17.4. The van der Waals surface area contributed by atoms with Crippen LogP contribution in [-0.2, 0) is 19.1 Å². The molecule has 0 aromatic heterocycles. The lowest BCUT2D eigenvalue weighted by Gasteiger charge is -2.11. The molecule has 1 atom stereocenters. The van der Waals surface area contributed by atoms with Gasteiger partial charge in [-0.25, -0.2) is 0 Å². The number of ether oxygens (including phenoxy) is 2. The Bertz CT molecular complexity index is 215. The van der Waals surface area contributed by atoms with Gasteiger partial charge in [0, 0.05) is 13.7 Å².